The fraction of sp³-hybridized carbons (Fsp3) is 0.400. The van der Waals surface area contributed by atoms with Crippen LogP contribution in [0.15, 0.2) is 77.7 Å². The molecule has 2 saturated heterocycles. The number of hydrogen-bond acceptors (Lipinski definition) is 5. The van der Waals surface area contributed by atoms with Crippen molar-refractivity contribution in [3.8, 4) is 16.9 Å². The van der Waals surface area contributed by atoms with Crippen LogP contribution in [-0.2, 0) is 14.8 Å². The molecule has 0 bridgehead atoms. The SMILES string of the molecule is COC[C@@H]1[C@@H](c2ccc(-c3cccc(OC)c3)cc2)[C@@H]2CN(S(=O)(=O)c3ccccc3C)CCCCN12. The van der Waals surface area contributed by atoms with E-state index in [1.54, 1.807) is 30.7 Å². The molecule has 0 aromatic heterocycles. The Balaban J connectivity index is 1.44. The van der Waals surface area contributed by atoms with Gasteiger partial charge >= 0.3 is 0 Å². The number of aryl methyl sites for hydroxylation is 1. The minimum Gasteiger partial charge on any atom is -0.497 e. The Labute approximate surface area is 220 Å². The molecule has 2 aliphatic heterocycles. The average Bonchev–Trinajstić information content (AvgIpc) is 2.90. The van der Waals surface area contributed by atoms with Crippen LogP contribution in [0.25, 0.3) is 11.1 Å². The van der Waals surface area contributed by atoms with E-state index in [1.807, 2.05) is 37.3 Å². The lowest BCUT2D eigenvalue weighted by Gasteiger charge is -2.57. The van der Waals surface area contributed by atoms with Gasteiger partial charge in [0.1, 0.15) is 5.75 Å². The third-order valence-electron chi connectivity index (χ3n) is 7.89. The lowest BCUT2D eigenvalue weighted by molar-refractivity contribution is -0.0635. The van der Waals surface area contributed by atoms with Gasteiger partial charge in [-0.3, -0.25) is 4.90 Å². The van der Waals surface area contributed by atoms with Crippen molar-refractivity contribution in [1.82, 2.24) is 9.21 Å². The monoisotopic (exact) mass is 520 g/mol. The standard InChI is InChI=1S/C30H36N2O4S/c1-22-9-4-5-12-29(22)37(33,34)31-17-6-7-18-32-27(20-31)30(28(32)21-35-2)24-15-13-23(14-16-24)25-10-8-11-26(19-25)36-3/h4-5,8-16,19,27-28,30H,6-7,17-18,20-21H2,1-3H3/t27-,28+,30-/m0/s1. The smallest absolute Gasteiger partial charge is 0.243 e. The highest BCUT2D eigenvalue weighted by Gasteiger charge is 2.50. The number of ether oxygens (including phenoxy) is 2. The first-order chi connectivity index (χ1) is 17.9. The molecule has 196 valence electrons. The number of methoxy groups -OCH3 is 2. The summed E-state index contributed by atoms with van der Waals surface area (Å²) in [5, 5.41) is 0. The lowest BCUT2D eigenvalue weighted by atomic mass is 9.74. The summed E-state index contributed by atoms with van der Waals surface area (Å²) in [6, 6.07) is 24.4. The number of benzene rings is 3. The molecule has 2 aliphatic rings. The van der Waals surface area contributed by atoms with Gasteiger partial charge in [-0.2, -0.15) is 4.31 Å². The van der Waals surface area contributed by atoms with Crippen molar-refractivity contribution in [1.29, 1.82) is 0 Å². The van der Waals surface area contributed by atoms with Crippen LogP contribution in [-0.4, -0.2) is 70.2 Å². The number of hydrogen-bond donors (Lipinski definition) is 0. The predicted molar refractivity (Wildman–Crippen MR) is 147 cm³/mol. The molecule has 0 spiro atoms. The fourth-order valence-electron chi connectivity index (χ4n) is 5.96. The van der Waals surface area contributed by atoms with Crippen molar-refractivity contribution in [3.63, 3.8) is 0 Å². The summed E-state index contributed by atoms with van der Waals surface area (Å²) in [4.78, 5) is 2.87. The highest BCUT2D eigenvalue weighted by molar-refractivity contribution is 7.89. The third kappa shape index (κ3) is 5.06. The van der Waals surface area contributed by atoms with E-state index < -0.39 is 10.0 Å². The van der Waals surface area contributed by atoms with Crippen LogP contribution in [0.4, 0.5) is 0 Å². The molecule has 0 amide bonds. The Hall–Kier alpha value is -2.71. The van der Waals surface area contributed by atoms with Gasteiger partial charge in [0.15, 0.2) is 0 Å². The summed E-state index contributed by atoms with van der Waals surface area (Å²) < 4.78 is 40.2. The second-order valence-corrected chi connectivity index (χ2v) is 11.9. The molecule has 2 heterocycles. The summed E-state index contributed by atoms with van der Waals surface area (Å²) in [6.07, 6.45) is 1.83. The Morgan fingerprint density at radius 3 is 2.38 bits per heavy atom. The average molecular weight is 521 g/mol. The van der Waals surface area contributed by atoms with E-state index in [-0.39, 0.29) is 18.0 Å². The highest BCUT2D eigenvalue weighted by atomic mass is 32.2. The van der Waals surface area contributed by atoms with Gasteiger partial charge in [-0.15, -0.1) is 0 Å². The van der Waals surface area contributed by atoms with E-state index in [0.717, 1.165) is 41.8 Å². The molecular formula is C30H36N2O4S. The van der Waals surface area contributed by atoms with E-state index in [9.17, 15) is 8.42 Å². The quantitative estimate of drug-likeness (QED) is 0.442. The van der Waals surface area contributed by atoms with Crippen molar-refractivity contribution in [2.75, 3.05) is 40.5 Å². The first kappa shape index (κ1) is 25.9. The van der Waals surface area contributed by atoms with Gasteiger partial charge in [-0.05, 0) is 66.8 Å². The normalized spacial score (nSPS) is 22.9. The molecule has 5 rings (SSSR count). The maximum atomic E-state index is 13.7. The van der Waals surface area contributed by atoms with Crippen LogP contribution < -0.4 is 4.74 Å². The first-order valence-corrected chi connectivity index (χ1v) is 14.4. The zero-order valence-electron chi connectivity index (χ0n) is 21.8. The Morgan fingerprint density at radius 1 is 0.892 bits per heavy atom. The molecule has 3 atom stereocenters. The van der Waals surface area contributed by atoms with E-state index in [2.05, 4.69) is 35.2 Å². The Bertz CT molecular complexity index is 1330. The summed E-state index contributed by atoms with van der Waals surface area (Å²) in [7, 11) is -0.152. The van der Waals surface area contributed by atoms with Crippen LogP contribution in [0.1, 0.15) is 29.9 Å². The topological polar surface area (TPSA) is 59.1 Å². The largest absolute Gasteiger partial charge is 0.497 e. The predicted octanol–water partition coefficient (Wildman–Crippen LogP) is 4.94. The van der Waals surface area contributed by atoms with Gasteiger partial charge in [0, 0.05) is 38.2 Å². The van der Waals surface area contributed by atoms with Gasteiger partial charge < -0.3 is 9.47 Å². The second-order valence-electron chi connectivity index (χ2n) is 10.0. The van der Waals surface area contributed by atoms with Crippen molar-refractivity contribution in [2.45, 2.75) is 42.7 Å². The van der Waals surface area contributed by atoms with E-state index in [1.165, 1.54) is 5.56 Å². The maximum absolute atomic E-state index is 13.7. The minimum absolute atomic E-state index is 0.113. The summed E-state index contributed by atoms with van der Waals surface area (Å²) in [5.74, 6) is 1.04. The van der Waals surface area contributed by atoms with Crippen molar-refractivity contribution in [2.24, 2.45) is 0 Å². The minimum atomic E-state index is -3.58. The number of rotatable bonds is 7. The molecule has 0 saturated carbocycles. The molecular weight excluding hydrogens is 484 g/mol. The maximum Gasteiger partial charge on any atom is 0.243 e. The molecule has 0 N–H and O–H groups in total. The molecule has 0 aliphatic carbocycles. The molecule has 3 aromatic rings. The molecule has 6 nitrogen and oxygen atoms in total. The van der Waals surface area contributed by atoms with Gasteiger partial charge in [-0.25, -0.2) is 8.42 Å². The first-order valence-electron chi connectivity index (χ1n) is 13.0. The summed E-state index contributed by atoms with van der Waals surface area (Å²) in [5.41, 5.74) is 4.25. The van der Waals surface area contributed by atoms with Crippen LogP contribution in [0.5, 0.6) is 5.75 Å². The van der Waals surface area contributed by atoms with E-state index >= 15 is 0 Å². The molecule has 0 unspecified atom stereocenters. The number of sulfonamides is 1. The molecule has 3 aromatic carbocycles. The van der Waals surface area contributed by atoms with Gasteiger partial charge in [0.05, 0.1) is 18.6 Å². The van der Waals surface area contributed by atoms with Crippen LogP contribution in [0, 0.1) is 6.92 Å². The van der Waals surface area contributed by atoms with E-state index in [4.69, 9.17) is 9.47 Å². The van der Waals surface area contributed by atoms with Crippen LogP contribution in [0.2, 0.25) is 0 Å². The fourth-order valence-corrected chi connectivity index (χ4v) is 7.69. The van der Waals surface area contributed by atoms with Crippen LogP contribution >= 0.6 is 0 Å². The Morgan fingerprint density at radius 2 is 1.65 bits per heavy atom. The van der Waals surface area contributed by atoms with Gasteiger partial charge in [0.25, 0.3) is 0 Å². The Kier molecular flexibility index (Phi) is 7.67. The highest BCUT2D eigenvalue weighted by Crippen LogP contribution is 2.43. The zero-order chi connectivity index (χ0) is 26.0. The number of nitrogens with zero attached hydrogens (tertiary/aromatic N) is 2. The molecule has 37 heavy (non-hydrogen) atoms. The second kappa shape index (κ2) is 11.0. The van der Waals surface area contributed by atoms with Crippen molar-refractivity contribution >= 4 is 10.0 Å². The summed E-state index contributed by atoms with van der Waals surface area (Å²) in [6.45, 7) is 4.50. The van der Waals surface area contributed by atoms with Crippen LogP contribution in [0.3, 0.4) is 0 Å². The van der Waals surface area contributed by atoms with Gasteiger partial charge in [0.2, 0.25) is 10.0 Å². The third-order valence-corrected chi connectivity index (χ3v) is 9.92. The molecule has 7 heteroatoms. The summed E-state index contributed by atoms with van der Waals surface area (Å²) >= 11 is 0. The molecule has 0 radical (unpaired) electrons. The number of fused-ring (bicyclic) bond motifs is 1. The molecule has 2 fully saturated rings. The van der Waals surface area contributed by atoms with Gasteiger partial charge in [-0.1, -0.05) is 54.6 Å². The zero-order valence-corrected chi connectivity index (χ0v) is 22.7. The van der Waals surface area contributed by atoms with Crippen molar-refractivity contribution in [3.05, 3.63) is 83.9 Å². The van der Waals surface area contributed by atoms with E-state index in [0.29, 0.717) is 24.6 Å². The lowest BCUT2D eigenvalue weighted by Crippen LogP contribution is -2.68. The van der Waals surface area contributed by atoms with Crippen molar-refractivity contribution < 1.29 is 17.9 Å².